The van der Waals surface area contributed by atoms with E-state index in [4.69, 9.17) is 0 Å². The number of aliphatic hydroxyl groups is 1. The minimum atomic E-state index is -1.03. The van der Waals surface area contributed by atoms with Crippen LogP contribution in [0.3, 0.4) is 0 Å². The molecule has 4 heteroatoms. The van der Waals surface area contributed by atoms with Gasteiger partial charge in [0.15, 0.2) is 0 Å². The van der Waals surface area contributed by atoms with Crippen LogP contribution < -0.4 is 0 Å². The van der Waals surface area contributed by atoms with E-state index in [1.165, 1.54) is 0 Å². The van der Waals surface area contributed by atoms with Crippen LogP contribution in [0.2, 0.25) is 0 Å². The third-order valence-electron chi connectivity index (χ3n) is 2.78. The van der Waals surface area contributed by atoms with E-state index >= 15 is 0 Å². The Hall–Kier alpha value is -0.320. The van der Waals surface area contributed by atoms with Crippen LogP contribution in [0.15, 0.2) is 35.2 Å². The molecule has 0 heterocycles. The average Bonchev–Trinajstić information content (AvgIpc) is 2.38. The summed E-state index contributed by atoms with van der Waals surface area (Å²) < 4.78 is 12.3. The third kappa shape index (κ3) is 6.11. The molecule has 0 amide bonds. The van der Waals surface area contributed by atoms with Crippen molar-refractivity contribution in [3.8, 4) is 0 Å². The molecule has 0 radical (unpaired) electrons. The van der Waals surface area contributed by atoms with E-state index in [9.17, 15) is 9.32 Å². The second-order valence-corrected chi connectivity index (χ2v) is 8.22. The lowest BCUT2D eigenvalue weighted by Gasteiger charge is -2.23. The lowest BCUT2D eigenvalue weighted by Crippen LogP contribution is -2.30. The molecule has 0 saturated heterocycles. The van der Waals surface area contributed by atoms with Crippen molar-refractivity contribution < 1.29 is 9.32 Å². The summed E-state index contributed by atoms with van der Waals surface area (Å²) in [6, 6.07) is 9.51. The molecule has 1 unspecified atom stereocenters. The Bertz CT molecular complexity index is 379. The van der Waals surface area contributed by atoms with Crippen LogP contribution in [-0.2, 0) is 10.8 Å². The maximum Gasteiger partial charge on any atom is 0.0667 e. The lowest BCUT2D eigenvalue weighted by molar-refractivity contribution is 0.165. The van der Waals surface area contributed by atoms with Crippen LogP contribution in [0.1, 0.15) is 33.6 Å². The molecule has 0 spiro atoms. The highest BCUT2D eigenvalue weighted by Crippen LogP contribution is 2.25. The topological polar surface area (TPSA) is 37.3 Å². The number of rotatable bonds is 8. The molecule has 1 N–H and O–H groups in total. The Morgan fingerprint density at radius 2 is 1.89 bits per heavy atom. The van der Waals surface area contributed by atoms with Crippen LogP contribution in [-0.4, -0.2) is 31.7 Å². The number of aliphatic hydroxyl groups excluding tert-OH is 1. The second-order valence-electron chi connectivity index (χ2n) is 4.90. The minimum Gasteiger partial charge on any atom is -0.392 e. The van der Waals surface area contributed by atoms with Crippen LogP contribution >= 0.6 is 11.8 Å². The second kappa shape index (κ2) is 8.77. The molecule has 1 rings (SSSR count). The molecule has 0 aliphatic rings. The molecule has 3 atom stereocenters. The highest BCUT2D eigenvalue weighted by Gasteiger charge is 2.23. The van der Waals surface area contributed by atoms with Crippen molar-refractivity contribution in [2.75, 3.05) is 5.75 Å². The maximum atomic E-state index is 12.3. The van der Waals surface area contributed by atoms with Gasteiger partial charge in [-0.2, -0.15) is 11.8 Å². The van der Waals surface area contributed by atoms with Crippen LogP contribution in [0.25, 0.3) is 0 Å². The van der Waals surface area contributed by atoms with Gasteiger partial charge in [0, 0.05) is 15.9 Å². The molecule has 0 aliphatic heterocycles. The van der Waals surface area contributed by atoms with Gasteiger partial charge in [-0.25, -0.2) is 0 Å². The van der Waals surface area contributed by atoms with Gasteiger partial charge in [-0.1, -0.05) is 45.4 Å². The SMILES string of the molecule is CCC[C@H](O)C(C[S@](=O)c1ccccc1)SC(C)C. The lowest BCUT2D eigenvalue weighted by atomic mass is 10.1. The van der Waals surface area contributed by atoms with Gasteiger partial charge < -0.3 is 5.11 Å². The monoisotopic (exact) mass is 300 g/mol. The average molecular weight is 300 g/mol. The zero-order valence-corrected chi connectivity index (χ0v) is 13.5. The number of thioether (sulfide) groups is 1. The quantitative estimate of drug-likeness (QED) is 0.799. The Labute approximate surface area is 123 Å². The van der Waals surface area contributed by atoms with Gasteiger partial charge in [0.2, 0.25) is 0 Å². The summed E-state index contributed by atoms with van der Waals surface area (Å²) in [7, 11) is -1.03. The fraction of sp³-hybridized carbons (Fsp3) is 0.600. The molecule has 108 valence electrons. The molecule has 0 saturated carbocycles. The highest BCUT2D eigenvalue weighted by atomic mass is 32.2. The summed E-state index contributed by atoms with van der Waals surface area (Å²) >= 11 is 1.73. The van der Waals surface area contributed by atoms with E-state index < -0.39 is 10.8 Å². The zero-order valence-electron chi connectivity index (χ0n) is 11.9. The van der Waals surface area contributed by atoms with Crippen molar-refractivity contribution in [2.24, 2.45) is 0 Å². The smallest absolute Gasteiger partial charge is 0.0667 e. The summed E-state index contributed by atoms with van der Waals surface area (Å²) in [6.07, 6.45) is 1.36. The van der Waals surface area contributed by atoms with E-state index in [2.05, 4.69) is 20.8 Å². The van der Waals surface area contributed by atoms with Gasteiger partial charge in [-0.05, 0) is 23.8 Å². The normalized spacial score (nSPS) is 16.3. The van der Waals surface area contributed by atoms with Gasteiger partial charge in [0.05, 0.1) is 16.9 Å². The fourth-order valence-electron chi connectivity index (χ4n) is 1.89. The molecular weight excluding hydrogens is 276 g/mol. The van der Waals surface area contributed by atoms with Crippen LogP contribution in [0.5, 0.6) is 0 Å². The summed E-state index contributed by atoms with van der Waals surface area (Å²) in [4.78, 5) is 0.848. The van der Waals surface area contributed by atoms with E-state index in [0.29, 0.717) is 11.0 Å². The first-order valence-electron chi connectivity index (χ1n) is 6.81. The van der Waals surface area contributed by atoms with Gasteiger partial charge in [-0.15, -0.1) is 0 Å². The third-order valence-corrected chi connectivity index (χ3v) is 5.83. The van der Waals surface area contributed by atoms with Gasteiger partial charge >= 0.3 is 0 Å². The Morgan fingerprint density at radius 1 is 1.26 bits per heavy atom. The van der Waals surface area contributed by atoms with Crippen molar-refractivity contribution in [2.45, 2.75) is 55.1 Å². The maximum absolute atomic E-state index is 12.3. The van der Waals surface area contributed by atoms with Crippen molar-refractivity contribution in [3.63, 3.8) is 0 Å². The molecule has 2 nitrogen and oxygen atoms in total. The number of benzene rings is 1. The van der Waals surface area contributed by atoms with Crippen molar-refractivity contribution >= 4 is 22.6 Å². The summed E-state index contributed by atoms with van der Waals surface area (Å²) in [6.45, 7) is 6.29. The fourth-order valence-corrected chi connectivity index (χ4v) is 4.77. The first-order valence-corrected chi connectivity index (χ1v) is 9.07. The summed E-state index contributed by atoms with van der Waals surface area (Å²) in [5.74, 6) is 0.522. The molecule has 0 fully saturated rings. The van der Waals surface area contributed by atoms with Crippen molar-refractivity contribution in [1.82, 2.24) is 0 Å². The first kappa shape index (κ1) is 16.7. The van der Waals surface area contributed by atoms with E-state index in [1.54, 1.807) is 11.8 Å². The Morgan fingerprint density at radius 3 is 2.42 bits per heavy atom. The minimum absolute atomic E-state index is 0.0426. The molecule has 0 aliphatic carbocycles. The van der Waals surface area contributed by atoms with Crippen molar-refractivity contribution in [3.05, 3.63) is 30.3 Å². The summed E-state index contributed by atoms with van der Waals surface area (Å²) in [5, 5.41) is 10.7. The summed E-state index contributed by atoms with van der Waals surface area (Å²) in [5.41, 5.74) is 0. The zero-order chi connectivity index (χ0) is 14.3. The molecule has 1 aromatic carbocycles. The molecule has 0 aromatic heterocycles. The van der Waals surface area contributed by atoms with Crippen LogP contribution in [0.4, 0.5) is 0 Å². The van der Waals surface area contributed by atoms with E-state index in [0.717, 1.165) is 17.7 Å². The van der Waals surface area contributed by atoms with Gasteiger partial charge in [0.1, 0.15) is 0 Å². The Balaban J connectivity index is 2.68. The van der Waals surface area contributed by atoms with Crippen molar-refractivity contribution in [1.29, 1.82) is 0 Å². The standard InChI is InChI=1S/C15H24O2S2/c1-4-8-14(16)15(18-12(2)3)11-19(17)13-9-6-5-7-10-13/h5-7,9-10,12,14-16H,4,8,11H2,1-3H3/t14-,15?,19-/m0/s1. The highest BCUT2D eigenvalue weighted by molar-refractivity contribution is 8.01. The predicted molar refractivity (Wildman–Crippen MR) is 85.1 cm³/mol. The predicted octanol–water partition coefficient (Wildman–Crippen LogP) is 3.47. The largest absolute Gasteiger partial charge is 0.392 e. The molecular formula is C15H24O2S2. The molecule has 0 bridgehead atoms. The van der Waals surface area contributed by atoms with Gasteiger partial charge in [-0.3, -0.25) is 4.21 Å². The van der Waals surface area contributed by atoms with Crippen LogP contribution in [0, 0.1) is 0 Å². The van der Waals surface area contributed by atoms with Gasteiger partial charge in [0.25, 0.3) is 0 Å². The first-order chi connectivity index (χ1) is 9.04. The number of hydrogen-bond acceptors (Lipinski definition) is 3. The Kier molecular flexibility index (Phi) is 7.73. The number of hydrogen-bond donors (Lipinski definition) is 1. The van der Waals surface area contributed by atoms with E-state index in [-0.39, 0.29) is 11.4 Å². The molecule has 1 aromatic rings. The van der Waals surface area contributed by atoms with E-state index in [1.807, 2.05) is 30.3 Å². The molecule has 19 heavy (non-hydrogen) atoms.